The Balaban J connectivity index is 1.61. The van der Waals surface area contributed by atoms with E-state index in [1.165, 1.54) is 0 Å². The van der Waals surface area contributed by atoms with Crippen LogP contribution in [0.3, 0.4) is 0 Å². The molecule has 140 valence electrons. The molecule has 1 N–H and O–H groups in total. The Kier molecular flexibility index (Phi) is 6.25. The lowest BCUT2D eigenvalue weighted by Crippen LogP contribution is -2.43. The number of rotatable bonds is 7. The molecule has 1 unspecified atom stereocenters. The second-order valence-corrected chi connectivity index (χ2v) is 6.81. The van der Waals surface area contributed by atoms with Crippen molar-refractivity contribution in [3.63, 3.8) is 0 Å². The van der Waals surface area contributed by atoms with Crippen LogP contribution in [0.1, 0.15) is 12.8 Å². The summed E-state index contributed by atoms with van der Waals surface area (Å²) in [5.74, 6) is 0. The molecule has 7 nitrogen and oxygen atoms in total. The number of hydrogen-bond acceptors (Lipinski definition) is 4. The summed E-state index contributed by atoms with van der Waals surface area (Å²) in [6.45, 7) is 2.91. The molecule has 0 spiro atoms. The van der Waals surface area contributed by atoms with Crippen molar-refractivity contribution in [2.75, 3.05) is 45.7 Å². The van der Waals surface area contributed by atoms with E-state index in [9.17, 15) is 4.79 Å². The van der Waals surface area contributed by atoms with Crippen molar-refractivity contribution in [3.8, 4) is 5.69 Å². The van der Waals surface area contributed by atoms with Gasteiger partial charge in [0.2, 0.25) is 0 Å². The lowest BCUT2D eigenvalue weighted by molar-refractivity contribution is 0.0820. The molecule has 0 radical (unpaired) electrons. The van der Waals surface area contributed by atoms with E-state index in [0.29, 0.717) is 13.1 Å². The number of nitrogens with zero attached hydrogens (tertiary/aromatic N) is 4. The molecule has 1 aromatic carbocycles. The maximum Gasteiger partial charge on any atom is 0.321 e. The number of anilines is 1. The summed E-state index contributed by atoms with van der Waals surface area (Å²) in [6.07, 6.45) is 5.86. The van der Waals surface area contributed by atoms with Crippen LogP contribution < -0.4 is 5.32 Å². The van der Waals surface area contributed by atoms with Crippen LogP contribution in [0.2, 0.25) is 0 Å². The Morgan fingerprint density at radius 2 is 2.12 bits per heavy atom. The number of likely N-dealkylation sites (N-methyl/N-ethyl adjacent to an activating group) is 1. The van der Waals surface area contributed by atoms with Crippen LogP contribution in [0.4, 0.5) is 10.5 Å². The molecule has 26 heavy (non-hydrogen) atoms. The third-order valence-corrected chi connectivity index (χ3v) is 4.44. The van der Waals surface area contributed by atoms with Crippen molar-refractivity contribution in [3.05, 3.63) is 42.7 Å². The summed E-state index contributed by atoms with van der Waals surface area (Å²) in [6, 6.07) is 9.45. The molecule has 0 saturated carbocycles. The van der Waals surface area contributed by atoms with Gasteiger partial charge in [-0.05, 0) is 57.3 Å². The first-order chi connectivity index (χ1) is 12.6. The van der Waals surface area contributed by atoms with Gasteiger partial charge < -0.3 is 19.9 Å². The zero-order valence-electron chi connectivity index (χ0n) is 15.5. The number of nitrogens with one attached hydrogen (secondary N) is 1. The average molecular weight is 357 g/mol. The van der Waals surface area contributed by atoms with Crippen LogP contribution >= 0.6 is 0 Å². The van der Waals surface area contributed by atoms with E-state index < -0.39 is 0 Å². The lowest BCUT2D eigenvalue weighted by Gasteiger charge is -2.27. The molecular formula is C19H27N5O2. The van der Waals surface area contributed by atoms with Crippen LogP contribution in [0, 0.1) is 0 Å². The number of carbonyl (C=O) groups excluding carboxylic acids is 1. The van der Waals surface area contributed by atoms with E-state index in [-0.39, 0.29) is 12.1 Å². The molecule has 2 amide bonds. The molecule has 1 aliphatic heterocycles. The van der Waals surface area contributed by atoms with Crippen molar-refractivity contribution in [2.24, 2.45) is 0 Å². The molecular weight excluding hydrogens is 330 g/mol. The Hall–Kier alpha value is -2.38. The van der Waals surface area contributed by atoms with Crippen molar-refractivity contribution < 1.29 is 9.53 Å². The molecule has 2 heterocycles. The van der Waals surface area contributed by atoms with Gasteiger partial charge in [0.15, 0.2) is 0 Å². The first-order valence-corrected chi connectivity index (χ1v) is 9.04. The van der Waals surface area contributed by atoms with Gasteiger partial charge in [0.1, 0.15) is 0 Å². The van der Waals surface area contributed by atoms with Crippen LogP contribution in [0.5, 0.6) is 0 Å². The van der Waals surface area contributed by atoms with E-state index >= 15 is 0 Å². The van der Waals surface area contributed by atoms with Gasteiger partial charge in [0.25, 0.3) is 0 Å². The van der Waals surface area contributed by atoms with Crippen LogP contribution in [0.15, 0.2) is 42.7 Å². The maximum atomic E-state index is 12.7. The second kappa shape index (κ2) is 8.82. The highest BCUT2D eigenvalue weighted by molar-refractivity contribution is 5.89. The largest absolute Gasteiger partial charge is 0.376 e. The highest BCUT2D eigenvalue weighted by Gasteiger charge is 2.22. The zero-order chi connectivity index (χ0) is 18.4. The quantitative estimate of drug-likeness (QED) is 0.827. The molecule has 0 bridgehead atoms. The Morgan fingerprint density at radius 3 is 2.73 bits per heavy atom. The normalized spacial score (nSPS) is 16.8. The number of amides is 2. The molecule has 1 atom stereocenters. The predicted octanol–water partition coefficient (Wildman–Crippen LogP) is 2.45. The monoisotopic (exact) mass is 357 g/mol. The van der Waals surface area contributed by atoms with Crippen molar-refractivity contribution in [2.45, 2.75) is 18.9 Å². The van der Waals surface area contributed by atoms with E-state index in [1.54, 1.807) is 10.9 Å². The predicted molar refractivity (Wildman–Crippen MR) is 102 cm³/mol. The minimum atomic E-state index is -0.0887. The molecule has 7 heteroatoms. The van der Waals surface area contributed by atoms with Gasteiger partial charge in [-0.1, -0.05) is 0 Å². The Morgan fingerprint density at radius 1 is 1.31 bits per heavy atom. The molecule has 1 aromatic heterocycles. The number of ether oxygens (including phenoxy) is 1. The third kappa shape index (κ3) is 5.06. The van der Waals surface area contributed by atoms with Crippen LogP contribution in [0.25, 0.3) is 5.69 Å². The Labute approximate surface area is 154 Å². The van der Waals surface area contributed by atoms with Crippen molar-refractivity contribution in [1.82, 2.24) is 19.6 Å². The molecule has 3 rings (SSSR count). The topological polar surface area (TPSA) is 62.6 Å². The summed E-state index contributed by atoms with van der Waals surface area (Å²) in [7, 11) is 4.02. The minimum absolute atomic E-state index is 0.0887. The molecule has 2 aromatic rings. The number of hydrogen-bond donors (Lipinski definition) is 1. The number of carbonyl (C=O) groups is 1. The summed E-state index contributed by atoms with van der Waals surface area (Å²) < 4.78 is 7.49. The van der Waals surface area contributed by atoms with Gasteiger partial charge in [-0.3, -0.25) is 0 Å². The van der Waals surface area contributed by atoms with E-state index in [4.69, 9.17) is 4.74 Å². The van der Waals surface area contributed by atoms with Gasteiger partial charge in [-0.15, -0.1) is 0 Å². The standard InChI is InChI=1S/C19H27N5O2/c1-22(2)12-13-23(15-18-5-3-14-26-18)19(25)21-16-6-8-17(9-7-16)24-11-4-10-20-24/h4,6-11,18H,3,5,12-15H2,1-2H3,(H,21,25). The molecule has 1 aliphatic rings. The van der Waals surface area contributed by atoms with E-state index in [2.05, 4.69) is 15.3 Å². The highest BCUT2D eigenvalue weighted by Crippen LogP contribution is 2.16. The van der Waals surface area contributed by atoms with Gasteiger partial charge in [-0.25, -0.2) is 9.48 Å². The third-order valence-electron chi connectivity index (χ3n) is 4.44. The summed E-state index contributed by atoms with van der Waals surface area (Å²) >= 11 is 0. The highest BCUT2D eigenvalue weighted by atomic mass is 16.5. The van der Waals surface area contributed by atoms with Crippen molar-refractivity contribution in [1.29, 1.82) is 0 Å². The smallest absolute Gasteiger partial charge is 0.321 e. The summed E-state index contributed by atoms with van der Waals surface area (Å²) in [5.41, 5.74) is 1.73. The van der Waals surface area contributed by atoms with Gasteiger partial charge in [0, 0.05) is 44.3 Å². The van der Waals surface area contributed by atoms with Crippen molar-refractivity contribution >= 4 is 11.7 Å². The molecule has 1 fully saturated rings. The first-order valence-electron chi connectivity index (χ1n) is 9.04. The Bertz CT molecular complexity index is 678. The fraction of sp³-hybridized carbons (Fsp3) is 0.474. The average Bonchev–Trinajstić information content (AvgIpc) is 3.33. The van der Waals surface area contributed by atoms with Crippen LogP contribution in [-0.4, -0.2) is 72.1 Å². The fourth-order valence-electron chi connectivity index (χ4n) is 2.95. The number of urea groups is 1. The first kappa shape index (κ1) is 18.4. The van der Waals surface area contributed by atoms with Gasteiger partial charge in [0.05, 0.1) is 11.8 Å². The summed E-state index contributed by atoms with van der Waals surface area (Å²) in [5, 5.41) is 7.20. The molecule has 0 aliphatic carbocycles. The SMILES string of the molecule is CN(C)CCN(CC1CCCO1)C(=O)Nc1ccc(-n2cccn2)cc1. The fourth-order valence-corrected chi connectivity index (χ4v) is 2.95. The zero-order valence-corrected chi connectivity index (χ0v) is 15.5. The second-order valence-electron chi connectivity index (χ2n) is 6.81. The van der Waals surface area contributed by atoms with Gasteiger partial charge >= 0.3 is 6.03 Å². The van der Waals surface area contributed by atoms with E-state index in [1.807, 2.05) is 55.5 Å². The van der Waals surface area contributed by atoms with E-state index in [0.717, 1.165) is 37.4 Å². The van der Waals surface area contributed by atoms with Gasteiger partial charge in [-0.2, -0.15) is 5.10 Å². The number of aromatic nitrogens is 2. The number of benzene rings is 1. The van der Waals surface area contributed by atoms with Crippen LogP contribution in [-0.2, 0) is 4.74 Å². The minimum Gasteiger partial charge on any atom is -0.376 e. The summed E-state index contributed by atoms with van der Waals surface area (Å²) in [4.78, 5) is 16.7. The molecule has 1 saturated heterocycles. The maximum absolute atomic E-state index is 12.7. The lowest BCUT2D eigenvalue weighted by atomic mass is 10.2.